The molecule has 0 aliphatic carbocycles. The molecule has 4 rings (SSSR count). The summed E-state index contributed by atoms with van der Waals surface area (Å²) in [7, 11) is 0. The van der Waals surface area contributed by atoms with Crippen molar-refractivity contribution >= 4 is 27.4 Å². The van der Waals surface area contributed by atoms with E-state index in [1.807, 2.05) is 6.07 Å². The van der Waals surface area contributed by atoms with Gasteiger partial charge < -0.3 is 9.88 Å². The van der Waals surface area contributed by atoms with Gasteiger partial charge in [-0.05, 0) is 17.9 Å². The van der Waals surface area contributed by atoms with Gasteiger partial charge in [-0.2, -0.15) is 0 Å². The van der Waals surface area contributed by atoms with E-state index in [4.69, 9.17) is 0 Å². The number of fused-ring (bicyclic) bond motifs is 2. The molecule has 0 saturated carbocycles. The lowest BCUT2D eigenvalue weighted by atomic mass is 10.1. The molecule has 1 unspecified atom stereocenters. The molecule has 0 radical (unpaired) electrons. The van der Waals surface area contributed by atoms with Crippen LogP contribution in [0.1, 0.15) is 25.0 Å². The maximum absolute atomic E-state index is 4.41. The van der Waals surface area contributed by atoms with E-state index in [1.165, 1.54) is 0 Å². The Morgan fingerprint density at radius 3 is 3.24 bits per heavy atom. The van der Waals surface area contributed by atoms with Crippen LogP contribution in [0.15, 0.2) is 17.8 Å². The summed E-state index contributed by atoms with van der Waals surface area (Å²) in [5.74, 6) is 3.11. The molecular formula is C14H16N6S. The number of thiophene rings is 1. The summed E-state index contributed by atoms with van der Waals surface area (Å²) in [6.45, 7) is 3.02. The molecule has 0 amide bonds. The smallest absolute Gasteiger partial charge is 0.147 e. The van der Waals surface area contributed by atoms with Gasteiger partial charge in [0.25, 0.3) is 0 Å². The van der Waals surface area contributed by atoms with E-state index in [0.29, 0.717) is 6.04 Å². The predicted octanol–water partition coefficient (Wildman–Crippen LogP) is 2.27. The van der Waals surface area contributed by atoms with Crippen molar-refractivity contribution in [3.63, 3.8) is 0 Å². The van der Waals surface area contributed by atoms with Crippen molar-refractivity contribution in [3.8, 4) is 0 Å². The molecule has 1 N–H and O–H groups in total. The molecule has 0 saturated heterocycles. The van der Waals surface area contributed by atoms with Gasteiger partial charge in [0, 0.05) is 25.4 Å². The lowest BCUT2D eigenvalue weighted by Gasteiger charge is -2.25. The van der Waals surface area contributed by atoms with Crippen molar-refractivity contribution in [2.75, 3.05) is 5.32 Å². The number of aromatic nitrogens is 5. The molecule has 0 aromatic carbocycles. The van der Waals surface area contributed by atoms with Gasteiger partial charge in [-0.3, -0.25) is 0 Å². The molecule has 1 aliphatic heterocycles. The second kappa shape index (κ2) is 5.07. The molecule has 1 aliphatic rings. The van der Waals surface area contributed by atoms with Crippen molar-refractivity contribution in [3.05, 3.63) is 29.4 Å². The van der Waals surface area contributed by atoms with Crippen molar-refractivity contribution in [2.24, 2.45) is 0 Å². The third kappa shape index (κ3) is 2.17. The van der Waals surface area contributed by atoms with Crippen molar-refractivity contribution in [2.45, 2.75) is 38.8 Å². The van der Waals surface area contributed by atoms with E-state index < -0.39 is 0 Å². The summed E-state index contributed by atoms with van der Waals surface area (Å²) >= 11 is 1.68. The van der Waals surface area contributed by atoms with Gasteiger partial charge in [-0.25, -0.2) is 9.97 Å². The average Bonchev–Trinajstić information content (AvgIpc) is 3.13. The number of nitrogens with zero attached hydrogens (tertiary/aromatic N) is 5. The number of rotatable bonds is 3. The fourth-order valence-corrected chi connectivity index (χ4v) is 3.65. The monoisotopic (exact) mass is 300 g/mol. The van der Waals surface area contributed by atoms with Crippen LogP contribution in [0.5, 0.6) is 0 Å². The first-order valence-electron chi connectivity index (χ1n) is 7.21. The van der Waals surface area contributed by atoms with Crippen LogP contribution < -0.4 is 5.32 Å². The van der Waals surface area contributed by atoms with Crippen molar-refractivity contribution in [1.29, 1.82) is 0 Å². The van der Waals surface area contributed by atoms with Gasteiger partial charge in [0.15, 0.2) is 0 Å². The molecule has 0 spiro atoms. The van der Waals surface area contributed by atoms with Crippen LogP contribution in [0.3, 0.4) is 0 Å². The Bertz CT molecular complexity index is 763. The van der Waals surface area contributed by atoms with Gasteiger partial charge in [0.05, 0.1) is 10.2 Å². The fraction of sp³-hybridized carbons (Fsp3) is 0.429. The molecule has 0 fully saturated rings. The number of nitrogens with one attached hydrogen (secondary N) is 1. The normalized spacial score (nSPS) is 17.9. The minimum Gasteiger partial charge on any atom is -0.364 e. The lowest BCUT2D eigenvalue weighted by Crippen LogP contribution is -2.32. The van der Waals surface area contributed by atoms with Gasteiger partial charge in [-0.15, -0.1) is 21.5 Å². The highest BCUT2D eigenvalue weighted by Crippen LogP contribution is 2.27. The predicted molar refractivity (Wildman–Crippen MR) is 82.5 cm³/mol. The van der Waals surface area contributed by atoms with E-state index in [9.17, 15) is 0 Å². The SMILES string of the molecule is CCc1nnc2n1CC(Nc1ncnc3ccsc13)CC2. The third-order valence-corrected chi connectivity index (χ3v) is 4.83. The lowest BCUT2D eigenvalue weighted by molar-refractivity contribution is 0.465. The second-order valence-corrected chi connectivity index (χ2v) is 6.15. The molecular weight excluding hydrogens is 284 g/mol. The first-order chi connectivity index (χ1) is 10.3. The molecule has 6 nitrogen and oxygen atoms in total. The molecule has 4 heterocycles. The third-order valence-electron chi connectivity index (χ3n) is 3.92. The van der Waals surface area contributed by atoms with Gasteiger partial charge in [0.2, 0.25) is 0 Å². The Balaban J connectivity index is 1.60. The van der Waals surface area contributed by atoms with E-state index in [-0.39, 0.29) is 0 Å². The number of hydrogen-bond donors (Lipinski definition) is 1. The van der Waals surface area contributed by atoms with Crippen molar-refractivity contribution in [1.82, 2.24) is 24.7 Å². The Labute approximate surface area is 126 Å². The van der Waals surface area contributed by atoms with E-state index >= 15 is 0 Å². The van der Waals surface area contributed by atoms with Gasteiger partial charge in [0.1, 0.15) is 23.8 Å². The van der Waals surface area contributed by atoms with Gasteiger partial charge >= 0.3 is 0 Å². The van der Waals surface area contributed by atoms with E-state index in [1.54, 1.807) is 17.7 Å². The average molecular weight is 300 g/mol. The first kappa shape index (κ1) is 12.7. The Hall–Kier alpha value is -2.02. The Kier molecular flexibility index (Phi) is 3.07. The summed E-state index contributed by atoms with van der Waals surface area (Å²) in [5.41, 5.74) is 1.01. The fourth-order valence-electron chi connectivity index (χ4n) is 2.85. The zero-order valence-electron chi connectivity index (χ0n) is 11.8. The number of hydrogen-bond acceptors (Lipinski definition) is 6. The summed E-state index contributed by atoms with van der Waals surface area (Å²) < 4.78 is 3.37. The van der Waals surface area contributed by atoms with Crippen LogP contribution in [0.25, 0.3) is 10.2 Å². The molecule has 7 heteroatoms. The number of aryl methyl sites for hydroxylation is 2. The molecule has 3 aromatic heterocycles. The first-order valence-corrected chi connectivity index (χ1v) is 8.09. The summed E-state index contributed by atoms with van der Waals surface area (Å²) in [4.78, 5) is 8.69. The molecule has 3 aromatic rings. The van der Waals surface area contributed by atoms with Crippen LogP contribution in [0.2, 0.25) is 0 Å². The van der Waals surface area contributed by atoms with Crippen molar-refractivity contribution < 1.29 is 0 Å². The highest BCUT2D eigenvalue weighted by molar-refractivity contribution is 7.17. The highest BCUT2D eigenvalue weighted by Gasteiger charge is 2.23. The van der Waals surface area contributed by atoms with Crippen LogP contribution in [0, 0.1) is 0 Å². The highest BCUT2D eigenvalue weighted by atomic mass is 32.1. The molecule has 1 atom stereocenters. The zero-order chi connectivity index (χ0) is 14.2. The minimum absolute atomic E-state index is 0.360. The molecule has 0 bridgehead atoms. The summed E-state index contributed by atoms with van der Waals surface area (Å²) in [5, 5.41) is 14.2. The molecule has 21 heavy (non-hydrogen) atoms. The van der Waals surface area contributed by atoms with Crippen LogP contribution in [0.4, 0.5) is 5.82 Å². The second-order valence-electron chi connectivity index (χ2n) is 5.23. The van der Waals surface area contributed by atoms with E-state index in [2.05, 4.69) is 42.4 Å². The van der Waals surface area contributed by atoms with Crippen LogP contribution in [-0.4, -0.2) is 30.8 Å². The topological polar surface area (TPSA) is 68.5 Å². The maximum Gasteiger partial charge on any atom is 0.147 e. The largest absolute Gasteiger partial charge is 0.364 e. The Morgan fingerprint density at radius 2 is 2.33 bits per heavy atom. The zero-order valence-corrected chi connectivity index (χ0v) is 12.6. The minimum atomic E-state index is 0.360. The summed E-state index contributed by atoms with van der Waals surface area (Å²) in [6.07, 6.45) is 4.56. The maximum atomic E-state index is 4.41. The standard InChI is InChI=1S/C14H16N6S/c1-2-11-18-19-12-4-3-9(7-20(11)12)17-14-13-10(5-6-21-13)15-8-16-14/h5-6,8-9H,2-4,7H2,1H3,(H,15,16,17). The quantitative estimate of drug-likeness (QED) is 0.803. The number of anilines is 1. The van der Waals surface area contributed by atoms with Crippen LogP contribution in [-0.2, 0) is 19.4 Å². The Morgan fingerprint density at radius 1 is 1.38 bits per heavy atom. The van der Waals surface area contributed by atoms with Gasteiger partial charge in [-0.1, -0.05) is 6.92 Å². The molecule has 108 valence electrons. The van der Waals surface area contributed by atoms with E-state index in [0.717, 1.165) is 53.5 Å². The van der Waals surface area contributed by atoms with Crippen LogP contribution >= 0.6 is 11.3 Å². The summed E-state index contributed by atoms with van der Waals surface area (Å²) in [6, 6.07) is 2.39.